The van der Waals surface area contributed by atoms with Crippen LogP contribution < -0.4 is 10.6 Å². The average molecular weight is 258 g/mol. The molecule has 3 heteroatoms. The van der Waals surface area contributed by atoms with Crippen LogP contribution in [0.15, 0.2) is 42.5 Å². The van der Waals surface area contributed by atoms with Crippen LogP contribution in [0.25, 0.3) is 0 Å². The minimum Gasteiger partial charge on any atom is -0.342 e. The molecule has 2 aromatic rings. The number of benzene rings is 2. The third kappa shape index (κ3) is 2.76. The van der Waals surface area contributed by atoms with Gasteiger partial charge in [0.15, 0.2) is 0 Å². The lowest BCUT2D eigenvalue weighted by Gasteiger charge is -2.22. The first-order valence-electron chi connectivity index (χ1n) is 6.35. The Balaban J connectivity index is 2.40. The summed E-state index contributed by atoms with van der Waals surface area (Å²) in [6.07, 6.45) is 0. The summed E-state index contributed by atoms with van der Waals surface area (Å²) in [5.74, 6) is -0.249. The van der Waals surface area contributed by atoms with Crippen LogP contribution in [0.4, 0.5) is 15.8 Å². The van der Waals surface area contributed by atoms with E-state index in [1.165, 1.54) is 6.07 Å². The molecule has 0 aliphatic carbocycles. The molecule has 0 saturated carbocycles. The zero-order chi connectivity index (χ0) is 14.0. The van der Waals surface area contributed by atoms with Crippen molar-refractivity contribution in [3.8, 4) is 0 Å². The van der Waals surface area contributed by atoms with E-state index in [9.17, 15) is 4.39 Å². The molecular weight excluding hydrogens is 239 g/mol. The molecule has 0 radical (unpaired) electrons. The molecule has 0 amide bonds. The highest BCUT2D eigenvalue weighted by Gasteiger charge is 2.12. The number of aryl methyl sites for hydroxylation is 1. The minimum atomic E-state index is -0.249. The zero-order valence-corrected chi connectivity index (χ0v) is 11.5. The van der Waals surface area contributed by atoms with Crippen molar-refractivity contribution in [3.05, 3.63) is 59.4 Å². The van der Waals surface area contributed by atoms with Crippen LogP contribution in [-0.2, 0) is 0 Å². The van der Waals surface area contributed by atoms with E-state index in [0.717, 1.165) is 16.8 Å². The molecule has 2 N–H and O–H groups in total. The third-order valence-electron chi connectivity index (χ3n) is 3.34. The van der Waals surface area contributed by atoms with Crippen molar-refractivity contribution < 1.29 is 4.39 Å². The molecular formula is C16H19FN2. The number of nitrogens with zero attached hydrogens (tertiary/aromatic N) is 1. The van der Waals surface area contributed by atoms with Gasteiger partial charge in [-0.15, -0.1) is 0 Å². The number of hydrogen-bond donors (Lipinski definition) is 1. The summed E-state index contributed by atoms with van der Waals surface area (Å²) in [7, 11) is 1.87. The zero-order valence-electron chi connectivity index (χ0n) is 11.5. The predicted molar refractivity (Wildman–Crippen MR) is 78.2 cm³/mol. The molecule has 0 spiro atoms. The molecule has 0 fully saturated rings. The van der Waals surface area contributed by atoms with Crippen LogP contribution in [0, 0.1) is 12.7 Å². The lowest BCUT2D eigenvalue weighted by atomic mass is 10.1. The average Bonchev–Trinajstić information content (AvgIpc) is 2.38. The van der Waals surface area contributed by atoms with E-state index in [0.29, 0.717) is 5.69 Å². The Bertz CT molecular complexity index is 579. The second kappa shape index (κ2) is 5.41. The summed E-state index contributed by atoms with van der Waals surface area (Å²) in [5.41, 5.74) is 9.23. The van der Waals surface area contributed by atoms with Crippen molar-refractivity contribution in [1.82, 2.24) is 0 Å². The summed E-state index contributed by atoms with van der Waals surface area (Å²) in [6.45, 7) is 3.86. The van der Waals surface area contributed by atoms with E-state index in [4.69, 9.17) is 5.73 Å². The normalized spacial score (nSPS) is 12.3. The van der Waals surface area contributed by atoms with E-state index < -0.39 is 0 Å². The lowest BCUT2D eigenvalue weighted by Crippen LogP contribution is -2.13. The van der Waals surface area contributed by atoms with Gasteiger partial charge in [-0.1, -0.05) is 24.3 Å². The summed E-state index contributed by atoms with van der Waals surface area (Å²) < 4.78 is 14.2. The molecule has 0 aromatic heterocycles. The van der Waals surface area contributed by atoms with Gasteiger partial charge in [-0.2, -0.15) is 0 Å². The van der Waals surface area contributed by atoms with Gasteiger partial charge < -0.3 is 10.6 Å². The van der Waals surface area contributed by atoms with E-state index in [1.54, 1.807) is 6.07 Å². The van der Waals surface area contributed by atoms with Crippen LogP contribution in [-0.4, -0.2) is 7.05 Å². The van der Waals surface area contributed by atoms with Crippen LogP contribution in [0.5, 0.6) is 0 Å². The van der Waals surface area contributed by atoms with Gasteiger partial charge in [-0.3, -0.25) is 0 Å². The van der Waals surface area contributed by atoms with Gasteiger partial charge in [0.2, 0.25) is 0 Å². The quantitative estimate of drug-likeness (QED) is 0.904. The Morgan fingerprint density at radius 2 is 1.79 bits per heavy atom. The summed E-state index contributed by atoms with van der Waals surface area (Å²) in [5, 5.41) is 0. The molecule has 0 aliphatic rings. The first-order valence-corrected chi connectivity index (χ1v) is 6.35. The van der Waals surface area contributed by atoms with Crippen molar-refractivity contribution in [1.29, 1.82) is 0 Å². The molecule has 1 atom stereocenters. The van der Waals surface area contributed by atoms with Gasteiger partial charge in [0.05, 0.1) is 5.69 Å². The number of anilines is 2. The molecule has 1 unspecified atom stereocenters. The monoisotopic (exact) mass is 258 g/mol. The predicted octanol–water partition coefficient (Wildman–Crippen LogP) is 3.92. The number of halogens is 1. The fourth-order valence-electron chi connectivity index (χ4n) is 2.15. The van der Waals surface area contributed by atoms with Gasteiger partial charge in [-0.25, -0.2) is 4.39 Å². The van der Waals surface area contributed by atoms with Gasteiger partial charge >= 0.3 is 0 Å². The maximum Gasteiger partial charge on any atom is 0.147 e. The third-order valence-corrected chi connectivity index (χ3v) is 3.34. The van der Waals surface area contributed by atoms with Crippen molar-refractivity contribution in [2.75, 3.05) is 11.9 Å². The molecule has 0 heterocycles. The van der Waals surface area contributed by atoms with Crippen molar-refractivity contribution >= 4 is 11.4 Å². The molecule has 19 heavy (non-hydrogen) atoms. The number of rotatable bonds is 3. The Labute approximate surface area is 113 Å². The molecule has 2 nitrogen and oxygen atoms in total. The van der Waals surface area contributed by atoms with Gasteiger partial charge in [-0.05, 0) is 43.2 Å². The van der Waals surface area contributed by atoms with Crippen LogP contribution in [0.2, 0.25) is 0 Å². The van der Waals surface area contributed by atoms with Gasteiger partial charge in [0.25, 0.3) is 0 Å². The molecule has 100 valence electrons. The highest BCUT2D eigenvalue weighted by molar-refractivity contribution is 5.66. The molecule has 0 saturated heterocycles. The number of hydrogen-bond acceptors (Lipinski definition) is 2. The molecule has 2 rings (SSSR count). The highest BCUT2D eigenvalue weighted by atomic mass is 19.1. The molecule has 0 bridgehead atoms. The van der Waals surface area contributed by atoms with Crippen LogP contribution in [0.1, 0.15) is 24.1 Å². The molecule has 2 aromatic carbocycles. The van der Waals surface area contributed by atoms with E-state index in [1.807, 2.05) is 56.1 Å². The smallest absolute Gasteiger partial charge is 0.147 e. The van der Waals surface area contributed by atoms with Crippen LogP contribution >= 0.6 is 0 Å². The maximum absolute atomic E-state index is 14.2. The summed E-state index contributed by atoms with van der Waals surface area (Å²) >= 11 is 0. The van der Waals surface area contributed by atoms with Gasteiger partial charge in [0, 0.05) is 18.8 Å². The lowest BCUT2D eigenvalue weighted by molar-refractivity contribution is 0.622. The minimum absolute atomic E-state index is 0.160. The first kappa shape index (κ1) is 13.6. The van der Waals surface area contributed by atoms with E-state index in [2.05, 4.69) is 0 Å². The Hall–Kier alpha value is -1.87. The van der Waals surface area contributed by atoms with Crippen molar-refractivity contribution in [2.24, 2.45) is 5.73 Å². The summed E-state index contributed by atoms with van der Waals surface area (Å²) in [4.78, 5) is 1.86. The second-order valence-electron chi connectivity index (χ2n) is 4.85. The van der Waals surface area contributed by atoms with Crippen LogP contribution in [0.3, 0.4) is 0 Å². The van der Waals surface area contributed by atoms with E-state index >= 15 is 0 Å². The van der Waals surface area contributed by atoms with Crippen molar-refractivity contribution in [3.63, 3.8) is 0 Å². The Kier molecular flexibility index (Phi) is 3.86. The molecule has 0 aliphatic heterocycles. The van der Waals surface area contributed by atoms with Gasteiger partial charge in [0.1, 0.15) is 5.82 Å². The number of nitrogens with two attached hydrogens (primary N) is 1. The fraction of sp³-hybridized carbons (Fsp3) is 0.250. The maximum atomic E-state index is 14.2. The Morgan fingerprint density at radius 1 is 1.11 bits per heavy atom. The second-order valence-corrected chi connectivity index (χ2v) is 4.85. The van der Waals surface area contributed by atoms with E-state index in [-0.39, 0.29) is 11.9 Å². The number of para-hydroxylation sites is 1. The SMILES string of the molecule is Cc1ccccc1N(C)c1ccc(C(C)N)cc1F. The van der Waals surface area contributed by atoms with Crippen molar-refractivity contribution in [2.45, 2.75) is 19.9 Å². The Morgan fingerprint density at radius 3 is 2.37 bits per heavy atom. The largest absolute Gasteiger partial charge is 0.342 e. The fourth-order valence-corrected chi connectivity index (χ4v) is 2.15. The highest BCUT2D eigenvalue weighted by Crippen LogP contribution is 2.29. The summed E-state index contributed by atoms with van der Waals surface area (Å²) in [6, 6.07) is 12.9. The topological polar surface area (TPSA) is 29.3 Å². The standard InChI is InChI=1S/C16H19FN2/c1-11-6-4-5-7-15(11)19(3)16-9-8-13(12(2)18)10-14(16)17/h4-10,12H,18H2,1-3H3. The first-order chi connectivity index (χ1) is 9.00.